The molecule has 4 unspecified atom stereocenters. The van der Waals surface area contributed by atoms with E-state index < -0.39 is 17.8 Å². The first-order valence-electron chi connectivity index (χ1n) is 14.9. The van der Waals surface area contributed by atoms with Crippen molar-refractivity contribution in [2.75, 3.05) is 13.1 Å². The Morgan fingerprint density at radius 2 is 1.79 bits per heavy atom. The Labute approximate surface area is 246 Å². The zero-order valence-corrected chi connectivity index (χ0v) is 24.3. The monoisotopic (exact) mass is 572 g/mol. The van der Waals surface area contributed by atoms with Gasteiger partial charge in [-0.2, -0.15) is 17.7 Å². The number of para-hydroxylation sites is 1. The average molecular weight is 573 g/mol. The third-order valence-electron chi connectivity index (χ3n) is 9.71. The highest BCUT2D eigenvalue weighted by atomic mass is 19.4. The molecule has 3 saturated heterocycles. The SMILES string of the molecule is C=CC1C[N+]2(Cc3cc(C)cc(C(F)(F)F)c3)CCC1CC2[C@H](O)c1cc[n+](Cc2cccc(C)c2)c2ccccc12. The highest BCUT2D eigenvalue weighted by Gasteiger charge is 2.54. The minimum Gasteiger partial charge on any atom is -0.382 e. The lowest BCUT2D eigenvalue weighted by Crippen LogP contribution is -2.67. The Morgan fingerprint density at radius 1 is 1.00 bits per heavy atom. The minimum atomic E-state index is -4.39. The van der Waals surface area contributed by atoms with Gasteiger partial charge in [-0.25, -0.2) is 0 Å². The van der Waals surface area contributed by atoms with E-state index in [2.05, 4.69) is 60.7 Å². The van der Waals surface area contributed by atoms with Crippen molar-refractivity contribution in [2.45, 2.75) is 58.1 Å². The molecule has 0 spiro atoms. The van der Waals surface area contributed by atoms with E-state index >= 15 is 0 Å². The summed E-state index contributed by atoms with van der Waals surface area (Å²) in [5, 5.41) is 13.2. The van der Waals surface area contributed by atoms with Gasteiger partial charge in [0.25, 0.3) is 0 Å². The van der Waals surface area contributed by atoms with E-state index in [1.54, 1.807) is 6.92 Å². The van der Waals surface area contributed by atoms with E-state index in [1.807, 2.05) is 30.3 Å². The van der Waals surface area contributed by atoms with E-state index in [9.17, 15) is 18.3 Å². The highest BCUT2D eigenvalue weighted by Crippen LogP contribution is 2.48. The minimum absolute atomic E-state index is 0.120. The third-order valence-corrected chi connectivity index (χ3v) is 9.71. The number of halogens is 3. The van der Waals surface area contributed by atoms with Gasteiger partial charge in [0.2, 0.25) is 5.52 Å². The average Bonchev–Trinajstić information content (AvgIpc) is 2.96. The third kappa shape index (κ3) is 5.38. The molecule has 1 N–H and O–H groups in total. The second kappa shape index (κ2) is 11.0. The van der Waals surface area contributed by atoms with Crippen LogP contribution in [0, 0.1) is 25.7 Å². The Kier molecular flexibility index (Phi) is 7.48. The van der Waals surface area contributed by atoms with Crippen molar-refractivity contribution in [1.29, 1.82) is 0 Å². The van der Waals surface area contributed by atoms with Crippen molar-refractivity contribution >= 4 is 10.9 Å². The number of alkyl halides is 3. The first-order chi connectivity index (χ1) is 20.1. The summed E-state index contributed by atoms with van der Waals surface area (Å²) in [6, 6.07) is 23.0. The summed E-state index contributed by atoms with van der Waals surface area (Å²) in [6.45, 7) is 10.7. The number of quaternary nitrogens is 1. The molecule has 2 bridgehead atoms. The van der Waals surface area contributed by atoms with Gasteiger partial charge in [0.05, 0.1) is 24.0 Å². The largest absolute Gasteiger partial charge is 0.416 e. The maximum Gasteiger partial charge on any atom is 0.416 e. The lowest BCUT2D eigenvalue weighted by atomic mass is 9.71. The van der Waals surface area contributed by atoms with Crippen LogP contribution in [0.4, 0.5) is 13.2 Å². The number of hydrogen-bond acceptors (Lipinski definition) is 1. The van der Waals surface area contributed by atoms with E-state index in [1.165, 1.54) is 23.3 Å². The summed E-state index contributed by atoms with van der Waals surface area (Å²) in [6.07, 6.45) is 0.751. The maximum atomic E-state index is 13.7. The molecule has 0 aliphatic carbocycles. The molecular weight excluding hydrogens is 533 g/mol. The molecule has 4 aromatic rings. The van der Waals surface area contributed by atoms with Crippen LogP contribution in [0.3, 0.4) is 0 Å². The standard InChI is InChI=1S/C36H39F3N2O/c1-4-28-23-41(22-27-17-25(3)18-30(19-27)36(37,38)39)15-13-29(28)20-34(41)35(42)32-12-14-40(33-11-6-5-10-31(32)33)21-26-9-7-8-24(2)16-26/h4-12,14,16-19,28-29,34-35,42H,1,13,15,20-23H2,2-3H3/q+2/t28?,29?,34?,35-,41?/m1/s1. The van der Waals surface area contributed by atoms with E-state index in [4.69, 9.17) is 0 Å². The normalized spacial score (nSPS) is 24.6. The Morgan fingerprint density at radius 3 is 2.55 bits per heavy atom. The van der Waals surface area contributed by atoms with Crippen LogP contribution in [0.1, 0.15) is 52.3 Å². The second-order valence-corrected chi connectivity index (χ2v) is 12.6. The van der Waals surface area contributed by atoms with Gasteiger partial charge in [-0.15, -0.1) is 6.58 Å². The van der Waals surface area contributed by atoms with E-state index in [0.717, 1.165) is 48.9 Å². The van der Waals surface area contributed by atoms with Gasteiger partial charge in [-0.05, 0) is 44.0 Å². The van der Waals surface area contributed by atoms with Gasteiger partial charge in [-0.1, -0.05) is 53.6 Å². The first kappa shape index (κ1) is 28.6. The number of aryl methyl sites for hydroxylation is 2. The molecule has 0 saturated carbocycles. The van der Waals surface area contributed by atoms with Crippen LogP contribution < -0.4 is 4.57 Å². The van der Waals surface area contributed by atoms with Crippen LogP contribution in [-0.4, -0.2) is 28.7 Å². The fraction of sp³-hybridized carbons (Fsp3) is 0.361. The van der Waals surface area contributed by atoms with Crippen LogP contribution in [0.25, 0.3) is 10.9 Å². The number of aliphatic hydroxyl groups excluding tert-OH is 1. The second-order valence-electron chi connectivity index (χ2n) is 12.6. The summed E-state index contributed by atoms with van der Waals surface area (Å²) < 4.78 is 44.0. The molecule has 7 rings (SSSR count). The number of rotatable bonds is 7. The smallest absolute Gasteiger partial charge is 0.382 e. The number of aliphatic hydroxyl groups is 1. The number of piperidine rings is 3. The Balaban J connectivity index is 1.38. The predicted octanol–water partition coefficient (Wildman–Crippen LogP) is 7.46. The molecule has 6 heteroatoms. The van der Waals surface area contributed by atoms with Crippen molar-refractivity contribution in [2.24, 2.45) is 11.8 Å². The van der Waals surface area contributed by atoms with Crippen molar-refractivity contribution in [3.05, 3.63) is 125 Å². The van der Waals surface area contributed by atoms with Crippen molar-refractivity contribution in [3.8, 4) is 0 Å². The summed E-state index contributed by atoms with van der Waals surface area (Å²) in [7, 11) is 0. The van der Waals surface area contributed by atoms with Crippen molar-refractivity contribution in [3.63, 3.8) is 0 Å². The topological polar surface area (TPSA) is 24.1 Å². The molecule has 0 radical (unpaired) electrons. The van der Waals surface area contributed by atoms with Gasteiger partial charge in [-0.3, -0.25) is 0 Å². The van der Waals surface area contributed by atoms with Crippen LogP contribution in [0.2, 0.25) is 0 Å². The van der Waals surface area contributed by atoms with Gasteiger partial charge < -0.3 is 9.59 Å². The zero-order valence-electron chi connectivity index (χ0n) is 24.3. The molecule has 0 amide bonds. The lowest BCUT2D eigenvalue weighted by Gasteiger charge is -2.58. The summed E-state index contributed by atoms with van der Waals surface area (Å²) in [5.74, 6) is 0.713. The number of fused-ring (bicyclic) bond motifs is 4. The van der Waals surface area contributed by atoms with Crippen LogP contribution >= 0.6 is 0 Å². The quantitative estimate of drug-likeness (QED) is 0.139. The molecule has 1 aromatic heterocycles. The lowest BCUT2D eigenvalue weighted by molar-refractivity contribution is -0.984. The maximum absolute atomic E-state index is 13.7. The molecule has 3 aliphatic rings. The first-order valence-corrected chi connectivity index (χ1v) is 14.9. The number of nitrogens with zero attached hydrogens (tertiary/aromatic N) is 2. The molecule has 218 valence electrons. The highest BCUT2D eigenvalue weighted by molar-refractivity contribution is 5.79. The number of aromatic nitrogens is 1. The summed E-state index contributed by atoms with van der Waals surface area (Å²) in [4.78, 5) is 0. The number of benzene rings is 3. The zero-order chi connectivity index (χ0) is 29.6. The molecule has 3 aromatic carbocycles. The molecule has 42 heavy (non-hydrogen) atoms. The molecule has 3 nitrogen and oxygen atoms in total. The summed E-state index contributed by atoms with van der Waals surface area (Å²) >= 11 is 0. The predicted molar refractivity (Wildman–Crippen MR) is 159 cm³/mol. The van der Waals surface area contributed by atoms with Crippen LogP contribution in [0.5, 0.6) is 0 Å². The van der Waals surface area contributed by atoms with Crippen molar-refractivity contribution in [1.82, 2.24) is 0 Å². The van der Waals surface area contributed by atoms with Gasteiger partial charge in [0.15, 0.2) is 12.7 Å². The summed E-state index contributed by atoms with van der Waals surface area (Å²) in [5.41, 5.74) is 5.05. The molecule has 4 heterocycles. The molecular formula is C36H39F3N2O+2. The molecule has 3 aliphatic heterocycles. The number of pyridine rings is 1. The van der Waals surface area contributed by atoms with Gasteiger partial charge in [0.1, 0.15) is 18.7 Å². The Hall–Kier alpha value is -3.48. The van der Waals surface area contributed by atoms with Gasteiger partial charge >= 0.3 is 6.18 Å². The fourth-order valence-electron chi connectivity index (χ4n) is 7.78. The van der Waals surface area contributed by atoms with Gasteiger partial charge in [0, 0.05) is 47.6 Å². The Bertz CT molecular complexity index is 1630. The van der Waals surface area contributed by atoms with Crippen LogP contribution in [-0.2, 0) is 19.3 Å². The number of hydrogen-bond donors (Lipinski definition) is 1. The molecule has 3 fully saturated rings. The van der Waals surface area contributed by atoms with E-state index in [-0.39, 0.29) is 12.0 Å². The van der Waals surface area contributed by atoms with E-state index in [0.29, 0.717) is 28.1 Å². The van der Waals surface area contributed by atoms with Crippen LogP contribution in [0.15, 0.2) is 91.6 Å². The molecule has 5 atom stereocenters. The fourth-order valence-corrected chi connectivity index (χ4v) is 7.78. The van der Waals surface area contributed by atoms with Crippen molar-refractivity contribution < 1.29 is 27.3 Å².